The van der Waals surface area contributed by atoms with Crippen molar-refractivity contribution in [3.63, 3.8) is 0 Å². The number of benzene rings is 1. The second-order valence-corrected chi connectivity index (χ2v) is 7.86. The highest BCUT2D eigenvalue weighted by Crippen LogP contribution is 2.30. The Balaban J connectivity index is 1.34. The van der Waals surface area contributed by atoms with Gasteiger partial charge < -0.3 is 14.4 Å². The Morgan fingerprint density at radius 3 is 2.71 bits per heavy atom. The third-order valence-electron chi connectivity index (χ3n) is 5.97. The Kier molecular flexibility index (Phi) is 5.67. The molecule has 0 unspecified atom stereocenters. The lowest BCUT2D eigenvalue weighted by atomic mass is 10.1. The van der Waals surface area contributed by atoms with Crippen LogP contribution in [0.4, 0.5) is 0 Å². The topological polar surface area (TPSA) is 54.9 Å². The van der Waals surface area contributed by atoms with Gasteiger partial charge in [0.25, 0.3) is 0 Å². The van der Waals surface area contributed by atoms with Crippen LogP contribution in [-0.4, -0.2) is 66.1 Å². The number of hydrogen-bond acceptors (Lipinski definition) is 5. The van der Waals surface area contributed by atoms with E-state index in [9.17, 15) is 4.79 Å². The van der Waals surface area contributed by atoms with Crippen molar-refractivity contribution < 1.29 is 14.3 Å². The Morgan fingerprint density at radius 1 is 1.18 bits per heavy atom. The molecule has 6 heteroatoms. The van der Waals surface area contributed by atoms with Crippen molar-refractivity contribution in [1.82, 2.24) is 14.8 Å². The van der Waals surface area contributed by atoms with Crippen molar-refractivity contribution in [2.24, 2.45) is 0 Å². The maximum atomic E-state index is 12.5. The van der Waals surface area contributed by atoms with Crippen molar-refractivity contribution in [1.29, 1.82) is 0 Å². The van der Waals surface area contributed by atoms with E-state index >= 15 is 0 Å². The van der Waals surface area contributed by atoms with Crippen molar-refractivity contribution in [3.8, 4) is 11.5 Å². The van der Waals surface area contributed by atoms with Crippen LogP contribution in [0.3, 0.4) is 0 Å². The number of likely N-dealkylation sites (tertiary alicyclic amines) is 2. The third kappa shape index (κ3) is 4.07. The summed E-state index contributed by atoms with van der Waals surface area (Å²) in [5.74, 6) is 1.93. The molecule has 2 aliphatic heterocycles. The van der Waals surface area contributed by atoms with Crippen LogP contribution in [0.5, 0.6) is 11.5 Å². The number of aromatic nitrogens is 1. The minimum absolute atomic E-state index is 0.161. The lowest BCUT2D eigenvalue weighted by Gasteiger charge is -2.33. The molecule has 3 heterocycles. The number of pyridine rings is 1. The predicted octanol–water partition coefficient (Wildman–Crippen LogP) is 3.10. The van der Waals surface area contributed by atoms with E-state index in [4.69, 9.17) is 9.47 Å². The first-order chi connectivity index (χ1) is 13.6. The van der Waals surface area contributed by atoms with Crippen LogP contribution in [0.1, 0.15) is 32.6 Å². The molecule has 28 heavy (non-hydrogen) atoms. The Bertz CT molecular complexity index is 833. The van der Waals surface area contributed by atoms with Crippen molar-refractivity contribution in [3.05, 3.63) is 30.5 Å². The van der Waals surface area contributed by atoms with Crippen LogP contribution in [0.25, 0.3) is 10.9 Å². The maximum Gasteiger partial charge on any atom is 0.236 e. The van der Waals surface area contributed by atoms with E-state index in [0.717, 1.165) is 67.7 Å². The van der Waals surface area contributed by atoms with Crippen LogP contribution in [-0.2, 0) is 4.79 Å². The van der Waals surface area contributed by atoms with Gasteiger partial charge in [0.2, 0.25) is 5.91 Å². The summed E-state index contributed by atoms with van der Waals surface area (Å²) in [6.07, 6.45) is 6.07. The number of rotatable bonds is 5. The molecule has 1 amide bonds. The Labute approximate surface area is 166 Å². The number of amides is 1. The predicted molar refractivity (Wildman–Crippen MR) is 109 cm³/mol. The largest absolute Gasteiger partial charge is 0.497 e. The number of methoxy groups -OCH3 is 1. The molecule has 0 aliphatic carbocycles. The van der Waals surface area contributed by atoms with Crippen LogP contribution < -0.4 is 9.47 Å². The zero-order valence-electron chi connectivity index (χ0n) is 16.8. The van der Waals surface area contributed by atoms with Gasteiger partial charge in [-0.05, 0) is 56.9 Å². The minimum atomic E-state index is 0.161. The van der Waals surface area contributed by atoms with E-state index in [1.807, 2.05) is 29.2 Å². The van der Waals surface area contributed by atoms with Crippen LogP contribution in [0.15, 0.2) is 30.5 Å². The molecule has 2 aromatic rings. The van der Waals surface area contributed by atoms with Gasteiger partial charge in [-0.1, -0.05) is 0 Å². The van der Waals surface area contributed by atoms with Gasteiger partial charge >= 0.3 is 0 Å². The number of carbonyl (C=O) groups is 1. The van der Waals surface area contributed by atoms with E-state index < -0.39 is 0 Å². The van der Waals surface area contributed by atoms with Gasteiger partial charge in [-0.15, -0.1) is 0 Å². The van der Waals surface area contributed by atoms with Crippen LogP contribution in [0.2, 0.25) is 0 Å². The summed E-state index contributed by atoms with van der Waals surface area (Å²) >= 11 is 0. The molecule has 0 bridgehead atoms. The van der Waals surface area contributed by atoms with Gasteiger partial charge in [-0.3, -0.25) is 14.7 Å². The van der Waals surface area contributed by atoms with Gasteiger partial charge in [0.05, 0.1) is 19.2 Å². The number of piperidine rings is 1. The monoisotopic (exact) mass is 383 g/mol. The molecule has 1 atom stereocenters. The zero-order valence-corrected chi connectivity index (χ0v) is 16.8. The summed E-state index contributed by atoms with van der Waals surface area (Å²) in [6, 6.07) is 8.16. The van der Waals surface area contributed by atoms with Gasteiger partial charge in [0.15, 0.2) is 0 Å². The second kappa shape index (κ2) is 8.35. The summed E-state index contributed by atoms with van der Waals surface area (Å²) in [4.78, 5) is 21.3. The van der Waals surface area contributed by atoms with Gasteiger partial charge in [0, 0.05) is 37.3 Å². The molecular formula is C22H29N3O3. The molecule has 1 aromatic carbocycles. The molecule has 1 aromatic heterocycles. The van der Waals surface area contributed by atoms with Crippen LogP contribution in [0, 0.1) is 0 Å². The normalized spacial score (nSPS) is 21.2. The molecular weight excluding hydrogens is 354 g/mol. The number of nitrogens with zero attached hydrogens (tertiary/aromatic N) is 3. The molecule has 0 saturated carbocycles. The number of ether oxygens (including phenoxy) is 2. The summed E-state index contributed by atoms with van der Waals surface area (Å²) in [7, 11) is 1.66. The van der Waals surface area contributed by atoms with Crippen molar-refractivity contribution in [2.75, 3.05) is 33.3 Å². The lowest BCUT2D eigenvalue weighted by Crippen LogP contribution is -2.45. The Morgan fingerprint density at radius 2 is 2.00 bits per heavy atom. The highest BCUT2D eigenvalue weighted by molar-refractivity contribution is 5.86. The fourth-order valence-corrected chi connectivity index (χ4v) is 4.28. The summed E-state index contributed by atoms with van der Waals surface area (Å²) < 4.78 is 11.7. The van der Waals surface area contributed by atoms with Crippen molar-refractivity contribution in [2.45, 2.75) is 44.8 Å². The average Bonchev–Trinajstić information content (AvgIpc) is 3.15. The zero-order chi connectivity index (χ0) is 19.5. The first kappa shape index (κ1) is 19.0. The van der Waals surface area contributed by atoms with Gasteiger partial charge in [-0.25, -0.2) is 0 Å². The summed E-state index contributed by atoms with van der Waals surface area (Å²) in [5, 5.41) is 0.975. The molecule has 6 nitrogen and oxygen atoms in total. The highest BCUT2D eigenvalue weighted by Gasteiger charge is 2.28. The standard InChI is InChI=1S/C22H29N3O3/c1-16-4-3-11-25(16)22(26)15-24-12-8-17(9-13-24)28-21-7-10-23-20-6-5-18(27-2)14-19(20)21/h5-7,10,14,16-17H,3-4,8-9,11-13,15H2,1-2H3/t16-/m1/s1. The van der Waals surface area contributed by atoms with Gasteiger partial charge in [-0.2, -0.15) is 0 Å². The maximum absolute atomic E-state index is 12.5. The number of hydrogen-bond donors (Lipinski definition) is 0. The van der Waals surface area contributed by atoms with Crippen molar-refractivity contribution >= 4 is 16.8 Å². The third-order valence-corrected chi connectivity index (χ3v) is 5.97. The smallest absolute Gasteiger partial charge is 0.236 e. The summed E-state index contributed by atoms with van der Waals surface area (Å²) in [6.45, 7) is 5.39. The first-order valence-corrected chi connectivity index (χ1v) is 10.3. The van der Waals surface area contributed by atoms with Gasteiger partial charge in [0.1, 0.15) is 17.6 Å². The average molecular weight is 383 g/mol. The number of fused-ring (bicyclic) bond motifs is 1. The number of carbonyl (C=O) groups excluding carboxylic acids is 1. The second-order valence-electron chi connectivity index (χ2n) is 7.86. The van der Waals surface area contributed by atoms with Crippen LogP contribution >= 0.6 is 0 Å². The molecule has 0 radical (unpaired) electrons. The Hall–Kier alpha value is -2.34. The summed E-state index contributed by atoms with van der Waals surface area (Å²) in [5.41, 5.74) is 0.904. The lowest BCUT2D eigenvalue weighted by molar-refractivity contribution is -0.133. The molecule has 2 fully saturated rings. The molecule has 4 rings (SSSR count). The quantitative estimate of drug-likeness (QED) is 0.794. The first-order valence-electron chi connectivity index (χ1n) is 10.3. The molecule has 0 N–H and O–H groups in total. The fraction of sp³-hybridized carbons (Fsp3) is 0.545. The van der Waals surface area contributed by atoms with E-state index in [-0.39, 0.29) is 12.0 Å². The van der Waals surface area contributed by atoms with E-state index in [1.165, 1.54) is 0 Å². The minimum Gasteiger partial charge on any atom is -0.497 e. The van der Waals surface area contributed by atoms with E-state index in [2.05, 4.69) is 16.8 Å². The van der Waals surface area contributed by atoms with E-state index in [1.54, 1.807) is 13.3 Å². The highest BCUT2D eigenvalue weighted by atomic mass is 16.5. The molecule has 0 spiro atoms. The SMILES string of the molecule is COc1ccc2nccc(OC3CCN(CC(=O)N4CCC[C@H]4C)CC3)c2c1. The molecule has 2 aliphatic rings. The van der Waals surface area contributed by atoms with E-state index in [0.29, 0.717) is 12.6 Å². The fourth-order valence-electron chi connectivity index (χ4n) is 4.28. The molecule has 150 valence electrons. The molecule has 2 saturated heterocycles.